The van der Waals surface area contributed by atoms with Gasteiger partial charge in [-0.1, -0.05) is 63.4 Å². The van der Waals surface area contributed by atoms with E-state index < -0.39 is 0 Å². The third kappa shape index (κ3) is 2.83. The van der Waals surface area contributed by atoms with Crippen LogP contribution in [0.3, 0.4) is 0 Å². The summed E-state index contributed by atoms with van der Waals surface area (Å²) in [7, 11) is 0. The molecule has 0 heterocycles. The minimum atomic E-state index is 0.435. The predicted molar refractivity (Wildman–Crippen MR) is 90.0 cm³/mol. The number of nitrogens with one attached hydrogen (secondary N) is 1. The molecule has 0 bridgehead atoms. The molecule has 20 heavy (non-hydrogen) atoms. The standard InChI is InChI=1S/C16H14BrCl2N/c17-13-5-2-1-4-12(13)10-8-11(9-10)20-16-14(18)6-3-7-15(16)19/h1-7,10-11,20H,8-9H2. The molecule has 1 nitrogen and oxygen atoms in total. The third-order valence-corrected chi connectivity index (χ3v) is 5.15. The summed E-state index contributed by atoms with van der Waals surface area (Å²) >= 11 is 16.0. The van der Waals surface area contributed by atoms with E-state index in [1.165, 1.54) is 10.0 Å². The zero-order chi connectivity index (χ0) is 14.1. The van der Waals surface area contributed by atoms with Crippen molar-refractivity contribution >= 4 is 44.8 Å². The van der Waals surface area contributed by atoms with Gasteiger partial charge in [-0.15, -0.1) is 0 Å². The second-order valence-electron chi connectivity index (χ2n) is 5.13. The first-order valence-corrected chi connectivity index (χ1v) is 8.15. The Morgan fingerprint density at radius 2 is 1.60 bits per heavy atom. The first-order chi connectivity index (χ1) is 9.65. The lowest BCUT2D eigenvalue weighted by molar-refractivity contribution is 0.373. The highest BCUT2D eigenvalue weighted by molar-refractivity contribution is 9.10. The second-order valence-corrected chi connectivity index (χ2v) is 6.80. The Balaban J connectivity index is 1.66. The SMILES string of the molecule is Clc1cccc(Cl)c1NC1CC(c2ccccc2Br)C1. The van der Waals surface area contributed by atoms with Gasteiger partial charge in [-0.25, -0.2) is 0 Å². The van der Waals surface area contributed by atoms with E-state index in [1.807, 2.05) is 24.3 Å². The van der Waals surface area contributed by atoms with E-state index in [4.69, 9.17) is 23.2 Å². The van der Waals surface area contributed by atoms with E-state index in [2.05, 4.69) is 39.4 Å². The van der Waals surface area contributed by atoms with Crippen molar-refractivity contribution in [3.05, 3.63) is 62.5 Å². The molecule has 1 saturated carbocycles. The maximum absolute atomic E-state index is 6.18. The van der Waals surface area contributed by atoms with Gasteiger partial charge in [-0.05, 0) is 42.5 Å². The van der Waals surface area contributed by atoms with Crippen LogP contribution in [0, 0.1) is 0 Å². The average Bonchev–Trinajstić information content (AvgIpc) is 2.37. The highest BCUT2D eigenvalue weighted by atomic mass is 79.9. The van der Waals surface area contributed by atoms with Crippen LogP contribution >= 0.6 is 39.1 Å². The van der Waals surface area contributed by atoms with Gasteiger partial charge in [0.15, 0.2) is 0 Å². The molecule has 0 unspecified atom stereocenters. The monoisotopic (exact) mass is 369 g/mol. The van der Waals surface area contributed by atoms with Crippen molar-refractivity contribution in [3.63, 3.8) is 0 Å². The fourth-order valence-electron chi connectivity index (χ4n) is 2.64. The van der Waals surface area contributed by atoms with E-state index in [-0.39, 0.29) is 0 Å². The van der Waals surface area contributed by atoms with Gasteiger partial charge in [0.05, 0.1) is 15.7 Å². The Kier molecular flexibility index (Phi) is 4.25. The van der Waals surface area contributed by atoms with Gasteiger partial charge >= 0.3 is 0 Å². The van der Waals surface area contributed by atoms with Crippen LogP contribution in [0.15, 0.2) is 46.9 Å². The van der Waals surface area contributed by atoms with Crippen LogP contribution in [0.2, 0.25) is 10.0 Å². The van der Waals surface area contributed by atoms with Crippen LogP contribution in [0.4, 0.5) is 5.69 Å². The zero-order valence-electron chi connectivity index (χ0n) is 10.7. The first-order valence-electron chi connectivity index (χ1n) is 6.60. The Morgan fingerprint density at radius 1 is 0.950 bits per heavy atom. The molecule has 3 rings (SSSR count). The lowest BCUT2D eigenvalue weighted by Crippen LogP contribution is -2.34. The smallest absolute Gasteiger partial charge is 0.0721 e. The van der Waals surface area contributed by atoms with Crippen molar-refractivity contribution in [1.82, 2.24) is 0 Å². The minimum absolute atomic E-state index is 0.435. The van der Waals surface area contributed by atoms with Gasteiger partial charge in [0.1, 0.15) is 0 Å². The molecule has 2 aromatic rings. The van der Waals surface area contributed by atoms with Crippen molar-refractivity contribution in [2.75, 3.05) is 5.32 Å². The number of anilines is 1. The molecule has 1 N–H and O–H groups in total. The Labute approximate surface area is 137 Å². The van der Waals surface area contributed by atoms with Gasteiger partial charge in [0.2, 0.25) is 0 Å². The molecule has 1 fully saturated rings. The van der Waals surface area contributed by atoms with Crippen LogP contribution in [-0.4, -0.2) is 6.04 Å². The van der Waals surface area contributed by atoms with Crippen LogP contribution in [0.1, 0.15) is 24.3 Å². The topological polar surface area (TPSA) is 12.0 Å². The van der Waals surface area contributed by atoms with Gasteiger partial charge in [-0.3, -0.25) is 0 Å². The summed E-state index contributed by atoms with van der Waals surface area (Å²) in [4.78, 5) is 0. The summed E-state index contributed by atoms with van der Waals surface area (Å²) in [5.41, 5.74) is 2.24. The molecule has 0 spiro atoms. The van der Waals surface area contributed by atoms with Gasteiger partial charge < -0.3 is 5.32 Å². The first kappa shape index (κ1) is 14.2. The number of benzene rings is 2. The molecule has 0 saturated heterocycles. The normalized spacial score (nSPS) is 21.4. The Hall–Kier alpha value is -0.700. The molecule has 0 atom stereocenters. The maximum Gasteiger partial charge on any atom is 0.0721 e. The van der Waals surface area contributed by atoms with Crippen LogP contribution in [0.5, 0.6) is 0 Å². The maximum atomic E-state index is 6.18. The van der Waals surface area contributed by atoms with Crippen molar-refractivity contribution in [2.45, 2.75) is 24.8 Å². The third-order valence-electron chi connectivity index (χ3n) is 3.79. The quantitative estimate of drug-likeness (QED) is 0.686. The van der Waals surface area contributed by atoms with E-state index in [0.29, 0.717) is 22.0 Å². The lowest BCUT2D eigenvalue weighted by Gasteiger charge is -2.37. The van der Waals surface area contributed by atoms with Crippen molar-refractivity contribution < 1.29 is 0 Å². The summed E-state index contributed by atoms with van der Waals surface area (Å²) in [6.45, 7) is 0. The summed E-state index contributed by atoms with van der Waals surface area (Å²) in [5, 5.41) is 4.82. The molecule has 0 amide bonds. The fourth-order valence-corrected chi connectivity index (χ4v) is 3.75. The molecule has 0 radical (unpaired) electrons. The number of halogens is 3. The number of hydrogen-bond donors (Lipinski definition) is 1. The summed E-state index contributed by atoms with van der Waals surface area (Å²) < 4.78 is 1.19. The van der Waals surface area contributed by atoms with Crippen LogP contribution in [-0.2, 0) is 0 Å². The summed E-state index contributed by atoms with van der Waals surface area (Å²) in [6, 6.07) is 14.4. The van der Waals surface area contributed by atoms with Gasteiger partial charge in [0, 0.05) is 10.5 Å². The second kappa shape index (κ2) is 5.97. The minimum Gasteiger partial charge on any atom is -0.380 e. The van der Waals surface area contributed by atoms with Crippen LogP contribution < -0.4 is 5.32 Å². The molecule has 4 heteroatoms. The molecule has 0 aliphatic heterocycles. The largest absolute Gasteiger partial charge is 0.380 e. The summed E-state index contributed by atoms with van der Waals surface area (Å²) in [5.74, 6) is 0.601. The molecule has 0 aromatic heterocycles. The van der Waals surface area contributed by atoms with Crippen molar-refractivity contribution in [2.24, 2.45) is 0 Å². The molecule has 2 aromatic carbocycles. The van der Waals surface area contributed by atoms with Crippen molar-refractivity contribution in [3.8, 4) is 0 Å². The molecule has 104 valence electrons. The number of rotatable bonds is 3. The Bertz CT molecular complexity index is 603. The van der Waals surface area contributed by atoms with Gasteiger partial charge in [0.25, 0.3) is 0 Å². The number of hydrogen-bond acceptors (Lipinski definition) is 1. The fraction of sp³-hybridized carbons (Fsp3) is 0.250. The zero-order valence-corrected chi connectivity index (χ0v) is 13.8. The molecule has 1 aliphatic rings. The molecule has 1 aliphatic carbocycles. The Morgan fingerprint density at radius 3 is 2.25 bits per heavy atom. The lowest BCUT2D eigenvalue weighted by atomic mass is 9.76. The average molecular weight is 371 g/mol. The highest BCUT2D eigenvalue weighted by Gasteiger charge is 2.31. The van der Waals surface area contributed by atoms with E-state index in [9.17, 15) is 0 Å². The van der Waals surface area contributed by atoms with E-state index in [1.54, 1.807) is 0 Å². The van der Waals surface area contributed by atoms with E-state index in [0.717, 1.165) is 18.5 Å². The van der Waals surface area contributed by atoms with Crippen molar-refractivity contribution in [1.29, 1.82) is 0 Å². The molecular formula is C16H14BrCl2N. The highest BCUT2D eigenvalue weighted by Crippen LogP contribution is 2.42. The van der Waals surface area contributed by atoms with Crippen LogP contribution in [0.25, 0.3) is 0 Å². The summed E-state index contributed by atoms with van der Waals surface area (Å²) in [6.07, 6.45) is 2.20. The number of para-hydroxylation sites is 1. The van der Waals surface area contributed by atoms with E-state index >= 15 is 0 Å². The predicted octanol–water partition coefficient (Wildman–Crippen LogP) is 6.11. The van der Waals surface area contributed by atoms with Gasteiger partial charge in [-0.2, -0.15) is 0 Å². The molecular weight excluding hydrogens is 357 g/mol.